The van der Waals surface area contributed by atoms with E-state index in [0.717, 1.165) is 17.0 Å². The van der Waals surface area contributed by atoms with Crippen LogP contribution in [-0.4, -0.2) is 37.0 Å². The fraction of sp³-hybridized carbons (Fsp3) is 0.105. The summed E-state index contributed by atoms with van der Waals surface area (Å²) >= 11 is 0. The van der Waals surface area contributed by atoms with Crippen molar-refractivity contribution in [2.45, 2.75) is 0 Å². The van der Waals surface area contributed by atoms with Crippen LogP contribution in [0, 0.1) is 10.1 Å². The van der Waals surface area contributed by atoms with Gasteiger partial charge in [-0.1, -0.05) is 6.07 Å². The molecule has 0 aliphatic carbocycles. The molecule has 2 aromatic carbocycles. The molecule has 4 amide bonds. The van der Waals surface area contributed by atoms with Gasteiger partial charge in [0.1, 0.15) is 5.57 Å². The van der Waals surface area contributed by atoms with Crippen molar-refractivity contribution in [3.05, 3.63) is 63.7 Å². The maximum Gasteiger partial charge on any atom is 0.335 e. The lowest BCUT2D eigenvalue weighted by atomic mass is 10.1. The molecule has 0 spiro atoms. The van der Waals surface area contributed by atoms with E-state index >= 15 is 0 Å². The number of carbonyl (C=O) groups is 3. The van der Waals surface area contributed by atoms with Crippen molar-refractivity contribution < 1.29 is 28.8 Å². The first kappa shape index (κ1) is 19.5. The smallest absolute Gasteiger partial charge is 0.335 e. The molecule has 10 heteroatoms. The number of anilines is 1. The van der Waals surface area contributed by atoms with Crippen molar-refractivity contribution >= 4 is 35.3 Å². The molecule has 3 rings (SSSR count). The first-order valence-corrected chi connectivity index (χ1v) is 8.23. The van der Waals surface area contributed by atoms with Gasteiger partial charge in [-0.25, -0.2) is 9.69 Å². The first-order valence-electron chi connectivity index (χ1n) is 8.23. The summed E-state index contributed by atoms with van der Waals surface area (Å²) in [6.07, 6.45) is 1.31. The van der Waals surface area contributed by atoms with Crippen LogP contribution in [0.2, 0.25) is 0 Å². The van der Waals surface area contributed by atoms with Crippen molar-refractivity contribution in [2.24, 2.45) is 0 Å². The lowest BCUT2D eigenvalue weighted by Gasteiger charge is -2.26. The molecule has 0 unspecified atom stereocenters. The Balaban J connectivity index is 1.98. The minimum atomic E-state index is -0.946. The lowest BCUT2D eigenvalue weighted by molar-refractivity contribution is -0.384. The number of amides is 4. The van der Waals surface area contributed by atoms with E-state index in [0.29, 0.717) is 17.1 Å². The third kappa shape index (κ3) is 3.76. The van der Waals surface area contributed by atoms with Gasteiger partial charge in [0.25, 0.3) is 17.5 Å². The van der Waals surface area contributed by atoms with Crippen LogP contribution in [0.3, 0.4) is 0 Å². The molecule has 10 nitrogen and oxygen atoms in total. The summed E-state index contributed by atoms with van der Waals surface area (Å²) in [6.45, 7) is 0. The summed E-state index contributed by atoms with van der Waals surface area (Å²) in [4.78, 5) is 48.2. The van der Waals surface area contributed by atoms with Crippen molar-refractivity contribution in [2.75, 3.05) is 19.1 Å². The summed E-state index contributed by atoms with van der Waals surface area (Å²) in [5.74, 6) is -0.846. The Kier molecular flexibility index (Phi) is 5.26. The summed E-state index contributed by atoms with van der Waals surface area (Å²) in [5.41, 5.74) is 0.0777. The molecule has 0 aromatic heterocycles. The number of hydrogen-bond donors (Lipinski definition) is 1. The Morgan fingerprint density at radius 3 is 2.24 bits per heavy atom. The summed E-state index contributed by atoms with van der Waals surface area (Å²) < 4.78 is 10.3. The minimum absolute atomic E-state index is 0.0869. The van der Waals surface area contributed by atoms with Crippen LogP contribution in [0.5, 0.6) is 11.5 Å². The Labute approximate surface area is 164 Å². The second-order valence-corrected chi connectivity index (χ2v) is 5.85. The minimum Gasteiger partial charge on any atom is -0.493 e. The van der Waals surface area contributed by atoms with E-state index in [9.17, 15) is 24.5 Å². The molecule has 1 aliphatic rings. The Morgan fingerprint density at radius 1 is 1.00 bits per heavy atom. The van der Waals surface area contributed by atoms with E-state index < -0.39 is 22.8 Å². The summed E-state index contributed by atoms with van der Waals surface area (Å²) in [6, 6.07) is 8.65. The number of nitro groups is 1. The van der Waals surface area contributed by atoms with Crippen LogP contribution in [0.25, 0.3) is 6.08 Å². The van der Waals surface area contributed by atoms with Gasteiger partial charge in [-0.15, -0.1) is 0 Å². The number of nitrogens with zero attached hydrogens (tertiary/aromatic N) is 2. The maximum absolute atomic E-state index is 12.8. The molecular formula is C19H15N3O7. The normalized spacial score (nSPS) is 15.3. The van der Waals surface area contributed by atoms with E-state index in [1.807, 2.05) is 0 Å². The first-order chi connectivity index (χ1) is 13.8. The number of carbonyl (C=O) groups excluding carboxylic acids is 3. The lowest BCUT2D eigenvalue weighted by Crippen LogP contribution is -2.54. The average Bonchev–Trinajstić information content (AvgIpc) is 2.71. The fourth-order valence-electron chi connectivity index (χ4n) is 2.72. The molecule has 0 saturated carbocycles. The van der Waals surface area contributed by atoms with Gasteiger partial charge < -0.3 is 9.47 Å². The fourth-order valence-corrected chi connectivity index (χ4v) is 2.72. The molecule has 0 bridgehead atoms. The van der Waals surface area contributed by atoms with Gasteiger partial charge in [0.15, 0.2) is 11.5 Å². The number of benzene rings is 2. The number of barbiturate groups is 1. The Morgan fingerprint density at radius 2 is 1.66 bits per heavy atom. The number of imide groups is 2. The third-order valence-corrected chi connectivity index (χ3v) is 4.14. The molecular weight excluding hydrogens is 382 g/mol. The summed E-state index contributed by atoms with van der Waals surface area (Å²) in [7, 11) is 2.92. The van der Waals surface area contributed by atoms with Crippen LogP contribution in [0.15, 0.2) is 48.0 Å². The van der Waals surface area contributed by atoms with E-state index in [1.54, 1.807) is 18.2 Å². The molecule has 1 N–H and O–H groups in total. The highest BCUT2D eigenvalue weighted by molar-refractivity contribution is 6.39. The molecule has 29 heavy (non-hydrogen) atoms. The second-order valence-electron chi connectivity index (χ2n) is 5.85. The van der Waals surface area contributed by atoms with Gasteiger partial charge in [-0.3, -0.25) is 25.0 Å². The molecule has 0 radical (unpaired) electrons. The van der Waals surface area contributed by atoms with E-state index in [-0.39, 0.29) is 16.9 Å². The van der Waals surface area contributed by atoms with Crippen LogP contribution in [0.1, 0.15) is 5.56 Å². The van der Waals surface area contributed by atoms with Gasteiger partial charge in [0, 0.05) is 12.1 Å². The van der Waals surface area contributed by atoms with E-state index in [4.69, 9.17) is 9.47 Å². The summed E-state index contributed by atoms with van der Waals surface area (Å²) in [5, 5.41) is 12.9. The van der Waals surface area contributed by atoms with E-state index in [1.165, 1.54) is 32.4 Å². The monoisotopic (exact) mass is 397 g/mol. The van der Waals surface area contributed by atoms with Crippen molar-refractivity contribution in [3.8, 4) is 11.5 Å². The number of ether oxygens (including phenoxy) is 2. The van der Waals surface area contributed by atoms with Crippen molar-refractivity contribution in [3.63, 3.8) is 0 Å². The number of nitro benzene ring substituents is 1. The van der Waals surface area contributed by atoms with Crippen LogP contribution in [-0.2, 0) is 9.59 Å². The molecule has 1 saturated heterocycles. The van der Waals surface area contributed by atoms with Gasteiger partial charge in [0.2, 0.25) is 0 Å². The molecule has 1 fully saturated rings. The zero-order chi connectivity index (χ0) is 21.1. The highest BCUT2D eigenvalue weighted by Gasteiger charge is 2.37. The largest absolute Gasteiger partial charge is 0.493 e. The topological polar surface area (TPSA) is 128 Å². The Bertz CT molecular complexity index is 1040. The number of hydrogen-bond acceptors (Lipinski definition) is 7. The predicted octanol–water partition coefficient (Wildman–Crippen LogP) is 2.28. The molecule has 2 aromatic rings. The maximum atomic E-state index is 12.8. The number of non-ortho nitro benzene ring substituents is 1. The molecule has 0 atom stereocenters. The van der Waals surface area contributed by atoms with Crippen molar-refractivity contribution in [1.29, 1.82) is 0 Å². The number of urea groups is 1. The van der Waals surface area contributed by atoms with E-state index in [2.05, 4.69) is 5.32 Å². The zero-order valence-electron chi connectivity index (χ0n) is 15.4. The highest BCUT2D eigenvalue weighted by Crippen LogP contribution is 2.29. The highest BCUT2D eigenvalue weighted by atomic mass is 16.6. The molecule has 1 heterocycles. The zero-order valence-corrected chi connectivity index (χ0v) is 15.4. The third-order valence-electron chi connectivity index (χ3n) is 4.14. The molecule has 148 valence electrons. The van der Waals surface area contributed by atoms with Crippen molar-refractivity contribution in [1.82, 2.24) is 5.32 Å². The van der Waals surface area contributed by atoms with Gasteiger partial charge >= 0.3 is 6.03 Å². The number of nitrogens with one attached hydrogen (secondary N) is 1. The molecule has 1 aliphatic heterocycles. The van der Waals surface area contributed by atoms with Crippen LogP contribution in [0.4, 0.5) is 16.2 Å². The second kappa shape index (κ2) is 7.80. The Hall–Kier alpha value is -4.21. The quantitative estimate of drug-likeness (QED) is 0.355. The van der Waals surface area contributed by atoms with Gasteiger partial charge in [-0.2, -0.15) is 0 Å². The SMILES string of the molecule is COc1ccc(/C=C2\C(=O)NC(=O)N(c3ccc([N+](=O)[O-])cc3)C2=O)cc1OC. The van der Waals surface area contributed by atoms with Gasteiger partial charge in [0.05, 0.1) is 24.8 Å². The number of rotatable bonds is 5. The van der Waals surface area contributed by atoms with Crippen LogP contribution < -0.4 is 19.7 Å². The van der Waals surface area contributed by atoms with Crippen LogP contribution >= 0.6 is 0 Å². The van der Waals surface area contributed by atoms with Gasteiger partial charge in [-0.05, 0) is 35.9 Å². The number of methoxy groups -OCH3 is 2. The predicted molar refractivity (Wildman–Crippen MR) is 102 cm³/mol. The average molecular weight is 397 g/mol. The standard InChI is InChI=1S/C19H15N3O7/c1-28-15-8-3-11(10-16(15)29-2)9-14-17(23)20-19(25)21(18(14)24)12-4-6-13(7-5-12)22(26)27/h3-10H,1-2H3,(H,20,23,25)/b14-9+.